The smallest absolute Gasteiger partial charge is 0.389 e. The maximum atomic E-state index is 13.2. The van der Waals surface area contributed by atoms with Crippen molar-refractivity contribution in [2.45, 2.75) is 260 Å². The Bertz CT molecular complexity index is 2180. The lowest BCUT2D eigenvalue weighted by atomic mass is 9.47. The molecule has 3 saturated carbocycles. The zero-order valence-corrected chi connectivity index (χ0v) is 45.4. The zero-order valence-electron chi connectivity index (χ0n) is 44.6. The number of fused-ring (bicyclic) bond motifs is 5. The van der Waals surface area contributed by atoms with Crippen molar-refractivity contribution >= 4 is 16.2 Å². The molecule has 76 heavy (non-hydrogen) atoms. The van der Waals surface area contributed by atoms with Crippen LogP contribution in [0.25, 0.3) is 0 Å². The van der Waals surface area contributed by atoms with Gasteiger partial charge in [-0.1, -0.05) is 39.3 Å². The van der Waals surface area contributed by atoms with Crippen LogP contribution in [-0.4, -0.2) is 215 Å². The molecule has 0 bridgehead atoms. The van der Waals surface area contributed by atoms with Gasteiger partial charge in [0.05, 0.1) is 36.1 Å². The minimum absolute atomic E-state index is 0.0109. The summed E-state index contributed by atoms with van der Waals surface area (Å²) in [6.45, 7) is 15.3. The summed E-state index contributed by atoms with van der Waals surface area (Å²) in [5, 5.41) is 124. The van der Waals surface area contributed by atoms with Crippen molar-refractivity contribution in [2.24, 2.45) is 40.4 Å². The Hall–Kier alpha value is -1.48. The third kappa shape index (κ3) is 11.5. The van der Waals surface area contributed by atoms with Crippen LogP contribution in [0.3, 0.4) is 0 Å². The van der Waals surface area contributed by atoms with Crippen LogP contribution in [0.1, 0.15) is 120 Å². The van der Waals surface area contributed by atoms with Crippen LogP contribution >= 0.6 is 0 Å². The first-order chi connectivity index (χ1) is 35.2. The van der Waals surface area contributed by atoms with Gasteiger partial charge in [0.15, 0.2) is 25.2 Å². The number of aliphatic hydroxyl groups is 11. The molecule has 7 fully saturated rings. The Morgan fingerprint density at radius 1 is 0.711 bits per heavy atom. The van der Waals surface area contributed by atoms with Gasteiger partial charge >= 0.3 is 10.4 Å². The van der Waals surface area contributed by atoms with E-state index in [-0.39, 0.29) is 48.7 Å². The largest absolute Gasteiger partial charge is 0.397 e. The van der Waals surface area contributed by atoms with Gasteiger partial charge in [-0.2, -0.15) is 8.42 Å². The molecule has 0 aromatic rings. The summed E-state index contributed by atoms with van der Waals surface area (Å²) in [4.78, 5) is 13.2. The summed E-state index contributed by atoms with van der Waals surface area (Å²) in [6.07, 6.45) is -28.3. The molecule has 0 aromatic carbocycles. The van der Waals surface area contributed by atoms with E-state index < -0.39 is 167 Å². The van der Waals surface area contributed by atoms with Crippen LogP contribution in [-0.2, 0) is 57.3 Å². The van der Waals surface area contributed by atoms with Gasteiger partial charge in [-0.15, -0.1) is 0 Å². The summed E-state index contributed by atoms with van der Waals surface area (Å²) in [7, 11) is -4.88. The van der Waals surface area contributed by atoms with Crippen molar-refractivity contribution < 1.29 is 116 Å². The van der Waals surface area contributed by atoms with Crippen molar-refractivity contribution in [2.75, 3.05) is 0 Å². The van der Waals surface area contributed by atoms with E-state index >= 15 is 0 Å². The normalized spacial score (nSPS) is 50.5. The molecule has 4 aliphatic carbocycles. The average molecular weight is 1110 g/mol. The van der Waals surface area contributed by atoms with Crippen molar-refractivity contribution in [3.63, 3.8) is 0 Å². The molecule has 24 nitrogen and oxygen atoms in total. The Labute approximate surface area is 443 Å². The third-order valence-electron chi connectivity index (χ3n) is 18.7. The van der Waals surface area contributed by atoms with Crippen LogP contribution < -0.4 is 0 Å². The lowest BCUT2D eigenvalue weighted by Crippen LogP contribution is -2.70. The second kappa shape index (κ2) is 22.4. The number of hydrogen-bond acceptors (Lipinski definition) is 23. The van der Waals surface area contributed by atoms with E-state index in [1.54, 1.807) is 6.92 Å². The quantitative estimate of drug-likeness (QED) is 0.0543. The monoisotopic (exact) mass is 1110 g/mol. The van der Waals surface area contributed by atoms with Crippen molar-refractivity contribution in [1.82, 2.24) is 0 Å². The molecule has 438 valence electrons. The molecule has 8 rings (SSSR count). The Balaban J connectivity index is 1.09. The molecular weight excluding hydrogens is 1030 g/mol. The Morgan fingerprint density at radius 3 is 1.86 bits per heavy atom. The van der Waals surface area contributed by atoms with Gasteiger partial charge in [0.2, 0.25) is 5.79 Å². The first kappa shape index (κ1) is 60.6. The van der Waals surface area contributed by atoms with E-state index in [2.05, 4.69) is 19.9 Å². The van der Waals surface area contributed by atoms with Gasteiger partial charge in [0.25, 0.3) is 0 Å². The number of Topliss-reactive ketones (excluding diaryl/α,β-unsaturated/α-hetero) is 1. The van der Waals surface area contributed by atoms with Gasteiger partial charge in [-0.3, -0.25) is 9.35 Å². The van der Waals surface area contributed by atoms with Gasteiger partial charge < -0.3 is 94.1 Å². The summed E-state index contributed by atoms with van der Waals surface area (Å²) < 4.78 is 87.9. The van der Waals surface area contributed by atoms with Crippen LogP contribution in [0.5, 0.6) is 0 Å². The van der Waals surface area contributed by atoms with E-state index in [0.717, 1.165) is 5.57 Å². The zero-order chi connectivity index (χ0) is 56.1. The number of ether oxygens (including phenoxy) is 8. The van der Waals surface area contributed by atoms with E-state index in [1.165, 1.54) is 27.7 Å². The lowest BCUT2D eigenvalue weighted by molar-refractivity contribution is -0.431. The predicted octanol–water partition coefficient (Wildman–Crippen LogP) is -0.792. The topological polar surface area (TPSA) is 377 Å². The van der Waals surface area contributed by atoms with Gasteiger partial charge in [-0.25, -0.2) is 4.18 Å². The Kier molecular flexibility index (Phi) is 17.8. The molecule has 0 amide bonds. The standard InChI is InChI=1S/C51H84O24S/c1-20(2)16-25(52)19-50(9,61)32-11-10-28-27-18-31(30-17-26(75-76(64,65)66)12-14-48(30,7)29(27)13-15-49(28,32)8)71-46-40(60)43(51(62,63)24(6)70-46)74-47-42(73-45-38(58)36(56)34(54)22(4)68-45)39(59)41(23(5)69-47)72-44-37(57)35(55)33(53)21(3)67-44/h13,20-24,26-28,30-47,53-63H,10-12,14-19H2,1-9H3,(H,64,65,66). The SMILES string of the molecule is CC(C)CC(=O)CC(C)(O)C1CCC2C3CC(OC4OC(C)C(O)(O)C(OC5OC(C)C(OC6OC(C)C(O)C(O)C6O)C(O)C5OC5OC(C)C(O)C(O)C5O)C4O)C4CC(OS(=O)(=O)O)CCC4(C)C3=CCC21C. The average Bonchev–Trinajstić information content (AvgIpc) is 3.70. The van der Waals surface area contributed by atoms with Gasteiger partial charge in [0.1, 0.15) is 79.0 Å². The lowest BCUT2D eigenvalue weighted by Gasteiger charge is -2.60. The van der Waals surface area contributed by atoms with Gasteiger partial charge in [-0.05, 0) is 120 Å². The van der Waals surface area contributed by atoms with E-state index in [0.29, 0.717) is 38.5 Å². The fourth-order valence-corrected chi connectivity index (χ4v) is 15.1. The first-order valence-corrected chi connectivity index (χ1v) is 28.3. The molecule has 0 radical (unpaired) electrons. The highest BCUT2D eigenvalue weighted by molar-refractivity contribution is 7.80. The molecule has 28 atom stereocenters. The van der Waals surface area contributed by atoms with E-state index in [1.807, 2.05) is 13.8 Å². The number of rotatable bonds is 15. The minimum Gasteiger partial charge on any atom is -0.389 e. The second-order valence-electron chi connectivity index (χ2n) is 24.5. The van der Waals surface area contributed by atoms with Crippen molar-refractivity contribution in [3.05, 3.63) is 11.6 Å². The molecule has 28 unspecified atom stereocenters. The van der Waals surface area contributed by atoms with E-state index in [4.69, 9.17) is 42.1 Å². The van der Waals surface area contributed by atoms with Crippen molar-refractivity contribution in [1.29, 1.82) is 0 Å². The summed E-state index contributed by atoms with van der Waals surface area (Å²) in [5.41, 5.74) is -1.28. The Morgan fingerprint density at radius 2 is 1.28 bits per heavy atom. The maximum Gasteiger partial charge on any atom is 0.397 e. The third-order valence-corrected chi connectivity index (χ3v) is 19.2. The fourth-order valence-electron chi connectivity index (χ4n) is 14.6. The number of hydrogen-bond donors (Lipinski definition) is 12. The summed E-state index contributed by atoms with van der Waals surface area (Å²) in [6, 6.07) is 0. The highest BCUT2D eigenvalue weighted by atomic mass is 32.3. The highest BCUT2D eigenvalue weighted by Crippen LogP contribution is 2.67. The summed E-state index contributed by atoms with van der Waals surface area (Å²) >= 11 is 0. The molecule has 12 N–H and O–H groups in total. The molecule has 4 aliphatic heterocycles. The number of ketones is 1. The highest BCUT2D eigenvalue weighted by Gasteiger charge is 2.64. The van der Waals surface area contributed by atoms with Gasteiger partial charge in [0, 0.05) is 12.8 Å². The number of aliphatic hydroxyl groups excluding tert-OH is 8. The first-order valence-electron chi connectivity index (χ1n) is 26.9. The van der Waals surface area contributed by atoms with E-state index in [9.17, 15) is 73.9 Å². The molecule has 4 saturated heterocycles. The van der Waals surface area contributed by atoms with Crippen LogP contribution in [0, 0.1) is 40.4 Å². The molecule has 4 heterocycles. The molecule has 0 spiro atoms. The maximum absolute atomic E-state index is 13.2. The number of allylic oxidation sites excluding steroid dienone is 2. The van der Waals surface area contributed by atoms with Crippen LogP contribution in [0.2, 0.25) is 0 Å². The van der Waals surface area contributed by atoms with Crippen molar-refractivity contribution in [3.8, 4) is 0 Å². The number of carbonyl (C=O) groups is 1. The van der Waals surface area contributed by atoms with Crippen LogP contribution in [0.15, 0.2) is 11.6 Å². The molecule has 8 aliphatic rings. The minimum atomic E-state index is -4.88. The second-order valence-corrected chi connectivity index (χ2v) is 25.5. The fraction of sp³-hybridized carbons (Fsp3) is 0.941. The molecular formula is C51H84O24S. The van der Waals surface area contributed by atoms with Crippen LogP contribution in [0.4, 0.5) is 0 Å². The number of carbonyl (C=O) groups excluding carboxylic acids is 1. The predicted molar refractivity (Wildman–Crippen MR) is 259 cm³/mol. The molecule has 25 heteroatoms. The summed E-state index contributed by atoms with van der Waals surface area (Å²) in [5.74, 6) is -3.88. The molecule has 0 aromatic heterocycles.